The molecule has 2 aromatic carbocycles. The Labute approximate surface area is 174 Å². The fourth-order valence-corrected chi connectivity index (χ4v) is 3.27. The molecule has 0 radical (unpaired) electrons. The van der Waals surface area contributed by atoms with Crippen molar-refractivity contribution in [3.05, 3.63) is 75.7 Å². The monoisotopic (exact) mass is 409 g/mol. The maximum absolute atomic E-state index is 12.6. The van der Waals surface area contributed by atoms with E-state index in [0.29, 0.717) is 30.2 Å². The normalized spacial score (nSPS) is 10.4. The Balaban J connectivity index is 1.63. The molecule has 0 fully saturated rings. The van der Waals surface area contributed by atoms with Crippen LogP contribution in [0.5, 0.6) is 5.75 Å². The lowest BCUT2D eigenvalue weighted by molar-refractivity contribution is -0.128. The molecule has 0 atom stereocenters. The van der Waals surface area contributed by atoms with Gasteiger partial charge in [-0.2, -0.15) is 0 Å². The van der Waals surface area contributed by atoms with Crippen molar-refractivity contribution in [2.24, 2.45) is 0 Å². The van der Waals surface area contributed by atoms with E-state index in [1.54, 1.807) is 47.5 Å². The smallest absolute Gasteiger partial charge is 0.255 e. The topological polar surface area (TPSA) is 71.5 Å². The lowest BCUT2D eigenvalue weighted by Gasteiger charge is -2.18. The third-order valence-electron chi connectivity index (χ3n) is 4.38. The van der Waals surface area contributed by atoms with E-state index in [1.807, 2.05) is 36.6 Å². The van der Waals surface area contributed by atoms with Crippen molar-refractivity contribution in [2.45, 2.75) is 27.0 Å². The Bertz CT molecular complexity index is 999. The molecule has 2 amide bonds. The Morgan fingerprint density at radius 3 is 2.52 bits per heavy atom. The van der Waals surface area contributed by atoms with E-state index < -0.39 is 0 Å². The lowest BCUT2D eigenvalue weighted by Crippen LogP contribution is -2.24. The largest absolute Gasteiger partial charge is 0.487 e. The van der Waals surface area contributed by atoms with Gasteiger partial charge in [-0.3, -0.25) is 9.59 Å². The van der Waals surface area contributed by atoms with Crippen LogP contribution in [0.3, 0.4) is 0 Å². The van der Waals surface area contributed by atoms with Gasteiger partial charge >= 0.3 is 0 Å². The Kier molecular flexibility index (Phi) is 6.61. The summed E-state index contributed by atoms with van der Waals surface area (Å²) in [6, 6.07) is 14.4. The van der Waals surface area contributed by atoms with Crippen molar-refractivity contribution in [3.63, 3.8) is 0 Å². The average molecular weight is 410 g/mol. The number of nitrogens with zero attached hydrogens (tertiary/aromatic N) is 2. The number of ether oxygens (including phenoxy) is 1. The van der Waals surface area contributed by atoms with E-state index in [1.165, 1.54) is 6.92 Å². The number of thiazole rings is 1. The van der Waals surface area contributed by atoms with Gasteiger partial charge < -0.3 is 15.0 Å². The number of amides is 2. The van der Waals surface area contributed by atoms with Crippen molar-refractivity contribution >= 4 is 28.8 Å². The van der Waals surface area contributed by atoms with Gasteiger partial charge in [-0.1, -0.05) is 18.2 Å². The fourth-order valence-electron chi connectivity index (χ4n) is 2.68. The summed E-state index contributed by atoms with van der Waals surface area (Å²) in [5, 5.41) is 5.90. The number of carbonyl (C=O) groups is 2. The summed E-state index contributed by atoms with van der Waals surface area (Å²) in [6.45, 7) is 4.29. The van der Waals surface area contributed by atoms with E-state index in [-0.39, 0.29) is 11.8 Å². The van der Waals surface area contributed by atoms with E-state index in [2.05, 4.69) is 10.3 Å². The standard InChI is InChI=1S/C22H23N3O3S/c1-15-23-19(14-29-15)13-28-20-10-8-17(9-11-20)22(27)24-21-7-5-4-6-18(21)12-25(3)16(2)26/h4-11,14H,12-13H2,1-3H3,(H,24,27). The second-order valence-corrected chi connectivity index (χ2v) is 7.72. The highest BCUT2D eigenvalue weighted by Gasteiger charge is 2.12. The van der Waals surface area contributed by atoms with Crippen molar-refractivity contribution in [1.29, 1.82) is 0 Å². The lowest BCUT2D eigenvalue weighted by atomic mass is 10.1. The van der Waals surface area contributed by atoms with E-state index >= 15 is 0 Å². The molecule has 0 unspecified atom stereocenters. The predicted molar refractivity (Wildman–Crippen MR) is 114 cm³/mol. The molecule has 1 aromatic heterocycles. The van der Waals surface area contributed by atoms with E-state index in [0.717, 1.165) is 16.3 Å². The van der Waals surface area contributed by atoms with Crippen LogP contribution in [0.1, 0.15) is 33.5 Å². The molecule has 7 heteroatoms. The van der Waals surface area contributed by atoms with Crippen LogP contribution in [0, 0.1) is 6.92 Å². The summed E-state index contributed by atoms with van der Waals surface area (Å²) >= 11 is 1.59. The van der Waals surface area contributed by atoms with Crippen LogP contribution in [0.2, 0.25) is 0 Å². The molecule has 29 heavy (non-hydrogen) atoms. The number of rotatable bonds is 7. The van der Waals surface area contributed by atoms with Gasteiger partial charge in [0.15, 0.2) is 0 Å². The molecule has 0 bridgehead atoms. The number of anilines is 1. The first-order chi connectivity index (χ1) is 13.9. The third-order valence-corrected chi connectivity index (χ3v) is 5.20. The quantitative estimate of drug-likeness (QED) is 0.633. The number of carbonyl (C=O) groups excluding carboxylic acids is 2. The highest BCUT2D eigenvalue weighted by Crippen LogP contribution is 2.20. The highest BCUT2D eigenvalue weighted by atomic mass is 32.1. The van der Waals surface area contributed by atoms with Crippen molar-refractivity contribution in [1.82, 2.24) is 9.88 Å². The molecule has 0 saturated heterocycles. The number of para-hydroxylation sites is 1. The number of aryl methyl sites for hydroxylation is 1. The van der Waals surface area contributed by atoms with Gasteiger partial charge in [0, 0.05) is 37.1 Å². The molecular weight excluding hydrogens is 386 g/mol. The summed E-state index contributed by atoms with van der Waals surface area (Å²) in [5.41, 5.74) is 2.97. The molecule has 3 rings (SSSR count). The van der Waals surface area contributed by atoms with Crippen LogP contribution >= 0.6 is 11.3 Å². The first kappa shape index (κ1) is 20.5. The van der Waals surface area contributed by atoms with Crippen LogP contribution in [0.25, 0.3) is 0 Å². The van der Waals surface area contributed by atoms with Crippen molar-refractivity contribution in [3.8, 4) is 5.75 Å². The summed E-state index contributed by atoms with van der Waals surface area (Å²) in [7, 11) is 1.73. The van der Waals surface area contributed by atoms with Crippen LogP contribution < -0.4 is 10.1 Å². The highest BCUT2D eigenvalue weighted by molar-refractivity contribution is 7.09. The molecule has 3 aromatic rings. The first-order valence-electron chi connectivity index (χ1n) is 9.17. The zero-order valence-electron chi connectivity index (χ0n) is 16.6. The van der Waals surface area contributed by atoms with Crippen molar-refractivity contribution < 1.29 is 14.3 Å². The van der Waals surface area contributed by atoms with Gasteiger partial charge in [-0.25, -0.2) is 4.98 Å². The summed E-state index contributed by atoms with van der Waals surface area (Å²) in [4.78, 5) is 30.1. The van der Waals surface area contributed by atoms with Gasteiger partial charge in [0.25, 0.3) is 5.91 Å². The van der Waals surface area contributed by atoms with Crippen molar-refractivity contribution in [2.75, 3.05) is 12.4 Å². The van der Waals surface area contributed by atoms with Crippen LogP contribution in [0.4, 0.5) is 5.69 Å². The molecule has 0 aliphatic rings. The minimum absolute atomic E-state index is 0.0328. The number of hydrogen-bond donors (Lipinski definition) is 1. The Hall–Kier alpha value is -3.19. The first-order valence-corrected chi connectivity index (χ1v) is 10.0. The molecule has 1 heterocycles. The molecule has 150 valence electrons. The fraction of sp³-hybridized carbons (Fsp3) is 0.227. The Morgan fingerprint density at radius 2 is 1.86 bits per heavy atom. The van der Waals surface area contributed by atoms with Gasteiger partial charge in [-0.05, 0) is 42.8 Å². The second kappa shape index (κ2) is 9.34. The SMILES string of the molecule is CC(=O)N(C)Cc1ccccc1NC(=O)c1ccc(OCc2csc(C)n2)cc1. The van der Waals surface area contributed by atoms with E-state index in [4.69, 9.17) is 4.74 Å². The zero-order valence-corrected chi connectivity index (χ0v) is 17.5. The minimum Gasteiger partial charge on any atom is -0.487 e. The third kappa shape index (κ3) is 5.65. The molecule has 0 saturated carbocycles. The van der Waals surface area contributed by atoms with Crippen LogP contribution in [0.15, 0.2) is 53.9 Å². The molecule has 6 nitrogen and oxygen atoms in total. The number of hydrogen-bond acceptors (Lipinski definition) is 5. The number of aromatic nitrogens is 1. The summed E-state index contributed by atoms with van der Waals surface area (Å²) < 4.78 is 5.72. The molecule has 0 spiro atoms. The van der Waals surface area contributed by atoms with Gasteiger partial charge in [0.05, 0.1) is 10.7 Å². The molecule has 1 N–H and O–H groups in total. The Morgan fingerprint density at radius 1 is 1.14 bits per heavy atom. The number of benzene rings is 2. The van der Waals surface area contributed by atoms with E-state index in [9.17, 15) is 9.59 Å². The second-order valence-electron chi connectivity index (χ2n) is 6.66. The van der Waals surface area contributed by atoms with Gasteiger partial charge in [-0.15, -0.1) is 11.3 Å². The maximum Gasteiger partial charge on any atom is 0.255 e. The van der Waals surface area contributed by atoms with Gasteiger partial charge in [0.1, 0.15) is 12.4 Å². The molecule has 0 aliphatic carbocycles. The zero-order chi connectivity index (χ0) is 20.8. The summed E-state index contributed by atoms with van der Waals surface area (Å²) in [6.07, 6.45) is 0. The number of nitrogens with one attached hydrogen (secondary N) is 1. The summed E-state index contributed by atoms with van der Waals surface area (Å²) in [5.74, 6) is 0.426. The minimum atomic E-state index is -0.218. The average Bonchev–Trinajstić information content (AvgIpc) is 3.13. The van der Waals surface area contributed by atoms with Crippen LogP contribution in [-0.2, 0) is 17.9 Å². The molecule has 0 aliphatic heterocycles. The maximum atomic E-state index is 12.6. The predicted octanol–water partition coefficient (Wildman–Crippen LogP) is 4.26. The van der Waals surface area contributed by atoms with Gasteiger partial charge in [0.2, 0.25) is 5.91 Å². The molecular formula is C22H23N3O3S. The van der Waals surface area contributed by atoms with Crippen LogP contribution in [-0.4, -0.2) is 28.7 Å².